The Balaban J connectivity index is 3.88. The van der Waals surface area contributed by atoms with Crippen molar-refractivity contribution in [2.45, 2.75) is 182 Å². The van der Waals surface area contributed by atoms with Crippen molar-refractivity contribution < 1.29 is 24.1 Å². The Labute approximate surface area is 299 Å². The highest BCUT2D eigenvalue weighted by atomic mass is 16.7. The predicted molar refractivity (Wildman–Crippen MR) is 205 cm³/mol. The van der Waals surface area contributed by atoms with Gasteiger partial charge in [-0.2, -0.15) is 0 Å². The van der Waals surface area contributed by atoms with Crippen LogP contribution in [0.2, 0.25) is 0 Å². The molecule has 288 valence electrons. The van der Waals surface area contributed by atoms with Gasteiger partial charge >= 0.3 is 5.97 Å². The third kappa shape index (κ3) is 33.8. The molecule has 0 amide bonds. The molecule has 7 nitrogen and oxygen atoms in total. The van der Waals surface area contributed by atoms with Gasteiger partial charge < -0.3 is 29.1 Å². The van der Waals surface area contributed by atoms with E-state index >= 15 is 0 Å². The van der Waals surface area contributed by atoms with Gasteiger partial charge in [-0.25, -0.2) is 0 Å². The van der Waals surface area contributed by atoms with Gasteiger partial charge in [0.25, 0.3) is 0 Å². The van der Waals surface area contributed by atoms with E-state index in [0.717, 1.165) is 83.8 Å². The van der Waals surface area contributed by atoms with Crippen LogP contribution in [0.5, 0.6) is 0 Å². The molecule has 0 radical (unpaired) electrons. The van der Waals surface area contributed by atoms with Crippen molar-refractivity contribution in [3.8, 4) is 0 Å². The van der Waals surface area contributed by atoms with Crippen LogP contribution < -0.4 is 0 Å². The van der Waals surface area contributed by atoms with Crippen LogP contribution in [0.4, 0.5) is 0 Å². The summed E-state index contributed by atoms with van der Waals surface area (Å²) in [7, 11) is 0. The number of aliphatic hydroxyl groups excluding tert-OH is 1. The van der Waals surface area contributed by atoms with Crippen molar-refractivity contribution in [1.29, 1.82) is 0 Å². The molecule has 7 heteroatoms. The molecule has 0 unspecified atom stereocenters. The van der Waals surface area contributed by atoms with E-state index in [0.29, 0.717) is 19.8 Å². The molecule has 0 fully saturated rings. The fraction of sp³-hybridized carbons (Fsp3) is 0.976. The van der Waals surface area contributed by atoms with Crippen LogP contribution >= 0.6 is 0 Å². The summed E-state index contributed by atoms with van der Waals surface area (Å²) in [6.45, 7) is 18.4. The van der Waals surface area contributed by atoms with E-state index in [2.05, 4.69) is 37.5 Å². The standard InChI is InChI=1S/C41H84N2O5/c1-5-9-17-25-40(26-18-10-6-2)28-38-48-41(45)27-19-15-13-14-16-21-31-43(32-22-35-44)34-24-37-47-39-46-36-23-33-42(29-12-8-4)30-20-11-7-3/h40,44H,5-39H2,1-4H3. The van der Waals surface area contributed by atoms with Gasteiger partial charge in [0, 0.05) is 32.7 Å². The topological polar surface area (TPSA) is 71.5 Å². The molecule has 0 saturated carbocycles. The first-order chi connectivity index (χ1) is 23.6. The summed E-state index contributed by atoms with van der Waals surface area (Å²) < 4.78 is 17.1. The van der Waals surface area contributed by atoms with Crippen molar-refractivity contribution in [1.82, 2.24) is 9.80 Å². The van der Waals surface area contributed by atoms with Gasteiger partial charge in [-0.1, -0.05) is 124 Å². The van der Waals surface area contributed by atoms with Gasteiger partial charge in [0.15, 0.2) is 0 Å². The summed E-state index contributed by atoms with van der Waals surface area (Å²) >= 11 is 0. The van der Waals surface area contributed by atoms with Crippen molar-refractivity contribution in [2.75, 3.05) is 72.5 Å². The van der Waals surface area contributed by atoms with Crippen LogP contribution in [0, 0.1) is 5.92 Å². The van der Waals surface area contributed by atoms with Gasteiger partial charge in [0.2, 0.25) is 0 Å². The lowest BCUT2D eigenvalue weighted by Gasteiger charge is -2.22. The Morgan fingerprint density at radius 3 is 1.52 bits per heavy atom. The number of nitrogens with zero attached hydrogens (tertiary/aromatic N) is 2. The number of esters is 1. The van der Waals surface area contributed by atoms with Gasteiger partial charge in [-0.05, 0) is 76.9 Å². The van der Waals surface area contributed by atoms with E-state index in [4.69, 9.17) is 14.2 Å². The van der Waals surface area contributed by atoms with Gasteiger partial charge in [0.05, 0.1) is 19.8 Å². The SMILES string of the molecule is CCCCCC(CCCCC)CCOC(=O)CCCCCCCCN(CCCO)CCCOCOCCCN(CCCC)CCCCC. The van der Waals surface area contributed by atoms with Crippen molar-refractivity contribution in [2.24, 2.45) is 5.92 Å². The van der Waals surface area contributed by atoms with Crippen LogP contribution in [0.15, 0.2) is 0 Å². The second-order valence-corrected chi connectivity index (χ2v) is 14.2. The zero-order chi connectivity index (χ0) is 35.2. The van der Waals surface area contributed by atoms with E-state index in [1.807, 2.05) is 0 Å². The Hall–Kier alpha value is -0.730. The molecule has 0 aliphatic carbocycles. The van der Waals surface area contributed by atoms with Crippen LogP contribution in [0.25, 0.3) is 0 Å². The van der Waals surface area contributed by atoms with E-state index in [1.165, 1.54) is 122 Å². The Morgan fingerprint density at radius 1 is 0.500 bits per heavy atom. The summed E-state index contributed by atoms with van der Waals surface area (Å²) in [4.78, 5) is 17.3. The van der Waals surface area contributed by atoms with Gasteiger partial charge in [-0.15, -0.1) is 0 Å². The summed E-state index contributed by atoms with van der Waals surface area (Å²) in [6, 6.07) is 0. The number of ether oxygens (including phenoxy) is 3. The molecule has 0 aromatic heterocycles. The van der Waals surface area contributed by atoms with E-state index in [9.17, 15) is 9.90 Å². The van der Waals surface area contributed by atoms with E-state index in [1.54, 1.807) is 0 Å². The fourth-order valence-electron chi connectivity index (χ4n) is 6.41. The largest absolute Gasteiger partial charge is 0.466 e. The molecule has 0 aromatic rings. The minimum Gasteiger partial charge on any atom is -0.466 e. The molecule has 0 atom stereocenters. The van der Waals surface area contributed by atoms with Crippen LogP contribution in [-0.2, 0) is 19.0 Å². The van der Waals surface area contributed by atoms with Gasteiger partial charge in [-0.3, -0.25) is 4.79 Å². The molecule has 0 spiro atoms. The minimum atomic E-state index is -0.00625. The smallest absolute Gasteiger partial charge is 0.305 e. The molecule has 0 bridgehead atoms. The average Bonchev–Trinajstić information content (AvgIpc) is 3.09. The number of carbonyl (C=O) groups excluding carboxylic acids is 1. The van der Waals surface area contributed by atoms with Crippen molar-refractivity contribution >= 4 is 5.97 Å². The lowest BCUT2D eigenvalue weighted by molar-refractivity contribution is -0.144. The average molecular weight is 685 g/mol. The predicted octanol–water partition coefficient (Wildman–Crippen LogP) is 10.2. The van der Waals surface area contributed by atoms with Gasteiger partial charge in [0.1, 0.15) is 6.79 Å². The molecule has 0 aliphatic rings. The molecule has 48 heavy (non-hydrogen) atoms. The Morgan fingerprint density at radius 2 is 0.958 bits per heavy atom. The monoisotopic (exact) mass is 685 g/mol. The number of unbranched alkanes of at least 4 members (excludes halogenated alkanes) is 12. The normalized spacial score (nSPS) is 11.8. The first-order valence-electron chi connectivity index (χ1n) is 21.0. The summed E-state index contributed by atoms with van der Waals surface area (Å²) in [5.74, 6) is 0.711. The molecule has 1 N–H and O–H groups in total. The molecular weight excluding hydrogens is 600 g/mol. The zero-order valence-corrected chi connectivity index (χ0v) is 32.8. The van der Waals surface area contributed by atoms with E-state index in [-0.39, 0.29) is 12.6 Å². The second-order valence-electron chi connectivity index (χ2n) is 14.2. The highest BCUT2D eigenvalue weighted by Crippen LogP contribution is 2.21. The summed E-state index contributed by atoms with van der Waals surface area (Å²) in [5, 5.41) is 9.34. The molecule has 0 aliphatic heterocycles. The van der Waals surface area contributed by atoms with Crippen LogP contribution in [0.1, 0.15) is 182 Å². The van der Waals surface area contributed by atoms with E-state index < -0.39 is 0 Å². The maximum atomic E-state index is 12.3. The Kier molecular flexibility index (Phi) is 38.5. The number of carbonyl (C=O) groups is 1. The maximum absolute atomic E-state index is 12.3. The van der Waals surface area contributed by atoms with Crippen molar-refractivity contribution in [3.05, 3.63) is 0 Å². The molecule has 0 heterocycles. The summed E-state index contributed by atoms with van der Waals surface area (Å²) in [5.41, 5.74) is 0. The first kappa shape index (κ1) is 47.3. The lowest BCUT2D eigenvalue weighted by atomic mass is 9.92. The number of rotatable bonds is 40. The van der Waals surface area contributed by atoms with Crippen molar-refractivity contribution in [3.63, 3.8) is 0 Å². The maximum Gasteiger partial charge on any atom is 0.305 e. The quantitative estimate of drug-likeness (QED) is 0.0391. The summed E-state index contributed by atoms with van der Waals surface area (Å²) in [6.07, 6.45) is 28.1. The number of hydrogen-bond acceptors (Lipinski definition) is 7. The molecule has 0 rings (SSSR count). The molecule has 0 aromatic carbocycles. The highest BCUT2D eigenvalue weighted by molar-refractivity contribution is 5.69. The third-order valence-electron chi connectivity index (χ3n) is 9.56. The number of aliphatic hydroxyl groups is 1. The minimum absolute atomic E-state index is 0.00625. The zero-order valence-electron chi connectivity index (χ0n) is 32.8. The van der Waals surface area contributed by atoms with Crippen LogP contribution in [-0.4, -0.2) is 93.4 Å². The lowest BCUT2D eigenvalue weighted by Crippen LogP contribution is -2.29. The first-order valence-corrected chi connectivity index (χ1v) is 21.0. The molecular formula is C41H84N2O5. The third-order valence-corrected chi connectivity index (χ3v) is 9.56. The number of hydrogen-bond donors (Lipinski definition) is 1. The highest BCUT2D eigenvalue weighted by Gasteiger charge is 2.11. The fourth-order valence-corrected chi connectivity index (χ4v) is 6.41. The van der Waals surface area contributed by atoms with Crippen LogP contribution in [0.3, 0.4) is 0 Å². The Bertz CT molecular complexity index is 628. The second kappa shape index (κ2) is 39.1. The molecule has 0 saturated heterocycles.